The molecule has 0 saturated heterocycles. The van der Waals surface area contributed by atoms with Crippen LogP contribution in [0.3, 0.4) is 0 Å². The van der Waals surface area contributed by atoms with Crippen LogP contribution < -0.4 is 4.87 Å². The molecule has 1 aromatic heterocycles. The normalized spacial score (nSPS) is 11.5. The Hall–Kier alpha value is -1.92. The summed E-state index contributed by atoms with van der Waals surface area (Å²) in [5.41, 5.74) is 0.276. The largest absolute Gasteiger partial charge is 0.462 e. The Morgan fingerprint density at radius 3 is 2.76 bits per heavy atom. The van der Waals surface area contributed by atoms with Gasteiger partial charge >= 0.3 is 5.97 Å². The minimum atomic E-state index is -0.527. The number of ether oxygens (including phenoxy) is 1. The van der Waals surface area contributed by atoms with E-state index in [0.717, 1.165) is 11.3 Å². The van der Waals surface area contributed by atoms with Crippen LogP contribution in [-0.2, 0) is 4.74 Å². The van der Waals surface area contributed by atoms with Crippen LogP contribution in [0.5, 0.6) is 0 Å². The number of hydrogen-bond acceptors (Lipinski definition) is 5. The predicted octanol–water partition coefficient (Wildman–Crippen LogP) is 3.22. The molecule has 0 aliphatic rings. The molecule has 0 atom stereocenters. The summed E-state index contributed by atoms with van der Waals surface area (Å²) in [7, 11) is 0. The van der Waals surface area contributed by atoms with Gasteiger partial charge in [-0.15, -0.1) is 0 Å². The molecule has 1 aromatic carbocycles. The molecule has 0 bridgehead atoms. The van der Waals surface area contributed by atoms with Gasteiger partial charge in [0.15, 0.2) is 4.88 Å². The van der Waals surface area contributed by atoms with Crippen molar-refractivity contribution in [3.8, 4) is 0 Å². The highest BCUT2D eigenvalue weighted by molar-refractivity contribution is 7.11. The lowest BCUT2D eigenvalue weighted by Gasteiger charge is -1.96. The zero-order chi connectivity index (χ0) is 15.4. The van der Waals surface area contributed by atoms with Crippen molar-refractivity contribution in [2.45, 2.75) is 13.8 Å². The molecule has 2 aromatic rings. The van der Waals surface area contributed by atoms with E-state index in [-0.39, 0.29) is 17.0 Å². The first-order valence-electron chi connectivity index (χ1n) is 6.14. The van der Waals surface area contributed by atoms with Crippen LogP contribution in [0.2, 0.25) is 5.02 Å². The third-order valence-corrected chi connectivity index (χ3v) is 3.84. The van der Waals surface area contributed by atoms with Crippen LogP contribution in [0.4, 0.5) is 0 Å². The van der Waals surface area contributed by atoms with Gasteiger partial charge in [0.2, 0.25) is 0 Å². The summed E-state index contributed by atoms with van der Waals surface area (Å²) in [6.45, 7) is 3.59. The van der Waals surface area contributed by atoms with Crippen LogP contribution in [0.25, 0.3) is 0 Å². The number of aryl methyl sites for hydroxylation is 1. The van der Waals surface area contributed by atoms with Crippen LogP contribution in [-0.4, -0.2) is 18.5 Å². The standard InChI is InChI=1S/C14H12ClNO4S/c1-3-19-13(18)11-8(2)20-14(21-11)16-12(17)9-6-4-5-7-10(9)15/h4-7H,3H2,1-2H3. The van der Waals surface area contributed by atoms with Crippen molar-refractivity contribution in [2.24, 2.45) is 4.99 Å². The van der Waals surface area contributed by atoms with Crippen LogP contribution in [0.1, 0.15) is 32.7 Å². The van der Waals surface area contributed by atoms with Crippen molar-refractivity contribution in [1.82, 2.24) is 0 Å². The number of rotatable bonds is 3. The monoisotopic (exact) mass is 325 g/mol. The van der Waals surface area contributed by atoms with Crippen LogP contribution in [0.15, 0.2) is 33.7 Å². The summed E-state index contributed by atoms with van der Waals surface area (Å²) in [4.78, 5) is 27.9. The number of benzene rings is 1. The maximum Gasteiger partial charge on any atom is 0.351 e. The Kier molecular flexibility index (Phi) is 4.93. The first-order valence-corrected chi connectivity index (χ1v) is 7.33. The van der Waals surface area contributed by atoms with Crippen molar-refractivity contribution in [2.75, 3.05) is 6.61 Å². The number of amides is 1. The van der Waals surface area contributed by atoms with Crippen molar-refractivity contribution in [1.29, 1.82) is 0 Å². The topological polar surface area (TPSA) is 68.9 Å². The smallest absolute Gasteiger partial charge is 0.351 e. The number of hydrogen-bond donors (Lipinski definition) is 0. The average Bonchev–Trinajstić information content (AvgIpc) is 2.80. The number of esters is 1. The van der Waals surface area contributed by atoms with E-state index in [1.54, 1.807) is 38.1 Å². The van der Waals surface area contributed by atoms with Gasteiger partial charge in [0.05, 0.1) is 17.2 Å². The lowest BCUT2D eigenvalue weighted by molar-refractivity contribution is 0.0529. The van der Waals surface area contributed by atoms with Crippen molar-refractivity contribution < 1.29 is 18.7 Å². The second-order valence-corrected chi connectivity index (χ2v) is 5.34. The Balaban J connectivity index is 2.34. The zero-order valence-electron chi connectivity index (χ0n) is 11.4. The summed E-state index contributed by atoms with van der Waals surface area (Å²) in [6.07, 6.45) is 0. The van der Waals surface area contributed by atoms with E-state index < -0.39 is 11.9 Å². The second-order valence-electron chi connectivity index (χ2n) is 3.97. The summed E-state index contributed by atoms with van der Waals surface area (Å²) in [5.74, 6) is -0.652. The number of carbonyl (C=O) groups is 2. The molecule has 21 heavy (non-hydrogen) atoms. The summed E-state index contributed by atoms with van der Waals surface area (Å²) >= 11 is 6.90. The summed E-state index contributed by atoms with van der Waals surface area (Å²) in [6, 6.07) is 6.58. The van der Waals surface area contributed by atoms with E-state index in [0.29, 0.717) is 15.7 Å². The predicted molar refractivity (Wildman–Crippen MR) is 78.6 cm³/mol. The molecular formula is C14H12ClNO4S. The minimum absolute atomic E-state index is 0.0838. The lowest BCUT2D eigenvalue weighted by atomic mass is 10.2. The van der Waals surface area contributed by atoms with Gasteiger partial charge in [-0.2, -0.15) is 4.99 Å². The van der Waals surface area contributed by atoms with Gasteiger partial charge in [-0.05, 0) is 26.0 Å². The summed E-state index contributed by atoms with van der Waals surface area (Å²) in [5, 5.41) is 0.310. The molecule has 1 amide bonds. The molecular weight excluding hydrogens is 314 g/mol. The van der Waals surface area contributed by atoms with E-state index >= 15 is 0 Å². The number of carbonyl (C=O) groups excluding carboxylic acids is 2. The van der Waals surface area contributed by atoms with Gasteiger partial charge in [0.25, 0.3) is 10.8 Å². The second kappa shape index (κ2) is 6.69. The average molecular weight is 326 g/mol. The molecule has 0 radical (unpaired) electrons. The Bertz CT molecular complexity index is 747. The maximum atomic E-state index is 12.0. The van der Waals surface area contributed by atoms with E-state index in [1.807, 2.05) is 0 Å². The first-order chi connectivity index (χ1) is 10.0. The van der Waals surface area contributed by atoms with Crippen molar-refractivity contribution in [3.63, 3.8) is 0 Å². The highest BCUT2D eigenvalue weighted by Gasteiger charge is 2.16. The Labute approximate surface area is 129 Å². The molecule has 0 spiro atoms. The fourth-order valence-corrected chi connectivity index (χ4v) is 2.58. The highest BCUT2D eigenvalue weighted by atomic mass is 35.5. The molecule has 2 rings (SSSR count). The Morgan fingerprint density at radius 2 is 2.10 bits per heavy atom. The van der Waals surface area contributed by atoms with Gasteiger partial charge < -0.3 is 9.15 Å². The van der Waals surface area contributed by atoms with Crippen molar-refractivity contribution in [3.05, 3.63) is 50.4 Å². The molecule has 0 N–H and O–H groups in total. The van der Waals surface area contributed by atoms with E-state index in [2.05, 4.69) is 4.99 Å². The van der Waals surface area contributed by atoms with Gasteiger partial charge in [0.1, 0.15) is 5.76 Å². The SMILES string of the molecule is CCOC(=O)c1sc(=NC(=O)c2ccccc2Cl)oc1C. The van der Waals surface area contributed by atoms with Crippen molar-refractivity contribution >= 4 is 34.8 Å². The lowest BCUT2D eigenvalue weighted by Crippen LogP contribution is -2.04. The zero-order valence-corrected chi connectivity index (χ0v) is 13.0. The fourth-order valence-electron chi connectivity index (χ4n) is 1.56. The third kappa shape index (κ3) is 3.59. The third-order valence-electron chi connectivity index (χ3n) is 2.51. The molecule has 0 unspecified atom stereocenters. The number of nitrogens with zero attached hydrogens (tertiary/aromatic N) is 1. The van der Waals surface area contributed by atoms with E-state index in [4.69, 9.17) is 20.8 Å². The molecule has 0 saturated carbocycles. The summed E-state index contributed by atoms with van der Waals surface area (Å²) < 4.78 is 10.2. The van der Waals surface area contributed by atoms with Crippen LogP contribution >= 0.6 is 22.9 Å². The molecule has 0 aliphatic heterocycles. The van der Waals surface area contributed by atoms with Gasteiger partial charge in [0, 0.05) is 0 Å². The van der Waals surface area contributed by atoms with Crippen LogP contribution in [0, 0.1) is 6.92 Å². The first kappa shape index (κ1) is 15.5. The fraction of sp³-hybridized carbons (Fsp3) is 0.214. The molecule has 110 valence electrons. The minimum Gasteiger partial charge on any atom is -0.462 e. The van der Waals surface area contributed by atoms with Gasteiger partial charge in [-0.3, -0.25) is 4.79 Å². The van der Waals surface area contributed by atoms with Gasteiger partial charge in [-0.1, -0.05) is 35.1 Å². The molecule has 1 heterocycles. The number of halogens is 1. The Morgan fingerprint density at radius 1 is 1.38 bits per heavy atom. The molecule has 0 fully saturated rings. The van der Waals surface area contributed by atoms with E-state index in [9.17, 15) is 9.59 Å². The molecule has 5 nitrogen and oxygen atoms in total. The molecule has 0 aliphatic carbocycles. The quantitative estimate of drug-likeness (QED) is 0.812. The molecule has 7 heteroatoms. The maximum absolute atomic E-state index is 12.0. The van der Waals surface area contributed by atoms with Gasteiger partial charge in [-0.25, -0.2) is 4.79 Å². The highest BCUT2D eigenvalue weighted by Crippen LogP contribution is 2.16. The van der Waals surface area contributed by atoms with E-state index in [1.165, 1.54) is 0 Å².